The van der Waals surface area contributed by atoms with Crippen LogP contribution in [0.5, 0.6) is 11.5 Å². The number of azide groups is 1. The smallest absolute Gasteiger partial charge is 0.459 e. The van der Waals surface area contributed by atoms with Crippen LogP contribution in [0.25, 0.3) is 10.4 Å². The molecule has 0 bridgehead atoms. The summed E-state index contributed by atoms with van der Waals surface area (Å²) < 4.78 is 54.9. The number of ether oxygens (including phenoxy) is 4. The van der Waals surface area contributed by atoms with Crippen molar-refractivity contribution in [3.63, 3.8) is 0 Å². The summed E-state index contributed by atoms with van der Waals surface area (Å²) in [6.07, 6.45) is -5.24. The number of benzene rings is 3. The second kappa shape index (κ2) is 12.5. The van der Waals surface area contributed by atoms with Crippen molar-refractivity contribution >= 4 is 13.8 Å². The van der Waals surface area contributed by atoms with E-state index in [9.17, 15) is 14.9 Å². The van der Waals surface area contributed by atoms with Crippen molar-refractivity contribution in [2.75, 3.05) is 6.61 Å². The van der Waals surface area contributed by atoms with E-state index in [4.69, 9.17) is 32.5 Å². The van der Waals surface area contributed by atoms with Crippen LogP contribution in [0.3, 0.4) is 0 Å². The number of nitrogens with zero attached hydrogens (tertiary/aromatic N) is 3. The normalized spacial score (nSPS) is 26.0. The van der Waals surface area contributed by atoms with Gasteiger partial charge in [-0.2, -0.15) is 0 Å². The van der Waals surface area contributed by atoms with Gasteiger partial charge in [-0.25, -0.2) is 9.09 Å². The molecule has 0 saturated carbocycles. The molecule has 0 spiro atoms. The Balaban J connectivity index is 1.45. The van der Waals surface area contributed by atoms with Crippen molar-refractivity contribution in [3.8, 4) is 11.5 Å². The largest absolute Gasteiger partial charge is 0.589 e. The van der Waals surface area contributed by atoms with Crippen LogP contribution in [0, 0.1) is 0 Å². The fraction of sp³-hybridized carbons (Fsp3) is 0.296. The molecule has 3 aromatic carbocycles. The molecule has 2 fully saturated rings. The van der Waals surface area contributed by atoms with Crippen LogP contribution in [-0.2, 0) is 32.8 Å². The molecule has 208 valence electrons. The maximum Gasteiger partial charge on any atom is 0.589 e. The predicted molar refractivity (Wildman–Crippen MR) is 140 cm³/mol. The molecule has 0 aliphatic carbocycles. The molecule has 40 heavy (non-hydrogen) atoms. The van der Waals surface area contributed by atoms with Gasteiger partial charge in [-0.3, -0.25) is 4.79 Å². The summed E-state index contributed by atoms with van der Waals surface area (Å²) in [7, 11) is -4.49. The lowest BCUT2D eigenvalue weighted by Crippen LogP contribution is -2.62. The maximum absolute atomic E-state index is 14.0. The van der Waals surface area contributed by atoms with Crippen molar-refractivity contribution in [2.45, 2.75) is 43.9 Å². The van der Waals surface area contributed by atoms with E-state index in [0.29, 0.717) is 0 Å². The van der Waals surface area contributed by atoms with Gasteiger partial charge in [0.25, 0.3) is 0 Å². The van der Waals surface area contributed by atoms with E-state index < -0.39 is 50.7 Å². The monoisotopic (exact) mass is 567 g/mol. The summed E-state index contributed by atoms with van der Waals surface area (Å²) in [5, 5.41) is 3.79. The van der Waals surface area contributed by atoms with Gasteiger partial charge in [0.1, 0.15) is 35.9 Å². The van der Waals surface area contributed by atoms with Crippen molar-refractivity contribution < 1.29 is 41.9 Å². The highest BCUT2D eigenvalue weighted by molar-refractivity contribution is 7.49. The summed E-state index contributed by atoms with van der Waals surface area (Å²) in [6.45, 7) is 1.22. The Bertz CT molecular complexity index is 1330. The number of rotatable bonds is 9. The molecular weight excluding hydrogens is 541 g/mol. The predicted octanol–water partition coefficient (Wildman–Crippen LogP) is 5.72. The second-order valence-corrected chi connectivity index (χ2v) is 10.3. The first kappa shape index (κ1) is 27.7. The zero-order chi connectivity index (χ0) is 28.0. The number of esters is 1. The quantitative estimate of drug-likeness (QED) is 0.104. The first-order chi connectivity index (χ1) is 19.4. The highest BCUT2D eigenvalue weighted by atomic mass is 31.2. The highest BCUT2D eigenvalue weighted by Gasteiger charge is 2.54. The Morgan fingerprint density at radius 1 is 0.925 bits per heavy atom. The average molecular weight is 567 g/mol. The number of hydrogen-bond donors (Lipinski definition) is 0. The Kier molecular flexibility index (Phi) is 8.66. The number of fused-ring (bicyclic) bond motifs is 1. The van der Waals surface area contributed by atoms with E-state index in [1.807, 2.05) is 30.3 Å². The minimum absolute atomic E-state index is 0.00816. The number of phosphoric acid groups is 1. The first-order valence-corrected chi connectivity index (χ1v) is 13.9. The molecule has 0 radical (unpaired) electrons. The van der Waals surface area contributed by atoms with E-state index >= 15 is 0 Å². The van der Waals surface area contributed by atoms with Crippen molar-refractivity contribution in [1.29, 1.82) is 0 Å². The standard InChI is InChI=1S/C27H26N3O9P/c1-18(31)34-25-23(29-30-28)27(35-22-17-33-26(36-24(22)25)19-11-5-2-6-12-19)39-40(32,37-20-13-7-3-8-14-20)38-21-15-9-4-10-16-21/h2-16,22-27H,17H2,1H3/t22-,23-,24+,25-,26?,27?/m1/s1. The molecule has 0 amide bonds. The van der Waals surface area contributed by atoms with E-state index in [1.165, 1.54) is 6.92 Å². The molecule has 13 heteroatoms. The Morgan fingerprint density at radius 2 is 1.50 bits per heavy atom. The van der Waals surface area contributed by atoms with Crippen molar-refractivity contribution in [2.24, 2.45) is 5.11 Å². The topological polar surface area (TPSA) is 148 Å². The second-order valence-electron chi connectivity index (χ2n) is 8.85. The van der Waals surface area contributed by atoms with Gasteiger partial charge < -0.3 is 28.0 Å². The van der Waals surface area contributed by atoms with E-state index in [0.717, 1.165) is 5.56 Å². The lowest BCUT2D eigenvalue weighted by atomic mass is 9.96. The number of hydrogen-bond acceptors (Lipinski definition) is 10. The fourth-order valence-electron chi connectivity index (χ4n) is 4.34. The molecule has 2 aliphatic heterocycles. The van der Waals surface area contributed by atoms with Gasteiger partial charge in [0.15, 0.2) is 12.6 Å². The number of para-hydroxylation sites is 2. The molecule has 0 N–H and O–H groups in total. The van der Waals surface area contributed by atoms with Crippen LogP contribution in [0.15, 0.2) is 96.1 Å². The third-order valence-corrected chi connectivity index (χ3v) is 7.35. The zero-order valence-corrected chi connectivity index (χ0v) is 22.2. The Labute approximate surface area is 229 Å². The van der Waals surface area contributed by atoms with E-state index in [1.54, 1.807) is 60.7 Å². The number of carbonyl (C=O) groups is 1. The van der Waals surface area contributed by atoms with Crippen molar-refractivity contribution in [1.82, 2.24) is 0 Å². The molecule has 2 aliphatic rings. The molecule has 3 aromatic rings. The lowest BCUT2D eigenvalue weighted by Gasteiger charge is -2.47. The first-order valence-electron chi connectivity index (χ1n) is 12.4. The summed E-state index contributed by atoms with van der Waals surface area (Å²) in [5.41, 5.74) is 10.1. The van der Waals surface area contributed by atoms with Crippen LogP contribution >= 0.6 is 7.82 Å². The minimum Gasteiger partial charge on any atom is -0.459 e. The van der Waals surface area contributed by atoms with Crippen LogP contribution in [-0.4, -0.2) is 43.2 Å². The molecule has 12 nitrogen and oxygen atoms in total. The van der Waals surface area contributed by atoms with Crippen LogP contribution < -0.4 is 9.05 Å². The molecule has 2 heterocycles. The molecule has 2 unspecified atom stereocenters. The third kappa shape index (κ3) is 6.63. The third-order valence-electron chi connectivity index (χ3n) is 6.02. The maximum atomic E-state index is 14.0. The van der Waals surface area contributed by atoms with E-state index in [2.05, 4.69) is 10.0 Å². The van der Waals surface area contributed by atoms with Gasteiger partial charge in [0, 0.05) is 17.4 Å². The lowest BCUT2D eigenvalue weighted by molar-refractivity contribution is -0.333. The van der Waals surface area contributed by atoms with Gasteiger partial charge in [0.2, 0.25) is 0 Å². The summed E-state index contributed by atoms with van der Waals surface area (Å²) in [5.74, 6) is -0.261. The van der Waals surface area contributed by atoms with Gasteiger partial charge in [-0.05, 0) is 29.8 Å². The SMILES string of the molecule is CC(=O)O[C@H]1[C@H]2OC(c3ccccc3)OC[C@H]2OC(OP(=O)(Oc2ccccc2)Oc2ccccc2)[C@@H]1N=[N+]=[N-]. The number of carbonyl (C=O) groups excluding carboxylic acids is 1. The van der Waals surface area contributed by atoms with Gasteiger partial charge in [-0.1, -0.05) is 71.8 Å². The average Bonchev–Trinajstić information content (AvgIpc) is 2.96. The van der Waals surface area contributed by atoms with Crippen LogP contribution in [0.1, 0.15) is 18.8 Å². The van der Waals surface area contributed by atoms with Gasteiger partial charge in [0.05, 0.1) is 6.61 Å². The summed E-state index contributed by atoms with van der Waals surface area (Å²) in [4.78, 5) is 15.0. The zero-order valence-electron chi connectivity index (χ0n) is 21.3. The van der Waals surface area contributed by atoms with Crippen LogP contribution in [0.4, 0.5) is 0 Å². The molecule has 0 aromatic heterocycles. The Morgan fingerprint density at radius 3 is 2.05 bits per heavy atom. The fourth-order valence-corrected chi connectivity index (χ4v) is 5.66. The van der Waals surface area contributed by atoms with E-state index in [-0.39, 0.29) is 18.1 Å². The summed E-state index contributed by atoms with van der Waals surface area (Å²) in [6, 6.07) is 24.4. The highest BCUT2D eigenvalue weighted by Crippen LogP contribution is 2.52. The van der Waals surface area contributed by atoms with Crippen LogP contribution in [0.2, 0.25) is 0 Å². The summed E-state index contributed by atoms with van der Waals surface area (Å²) >= 11 is 0. The molecule has 5 rings (SSSR count). The molecular formula is C27H26N3O9P. The van der Waals surface area contributed by atoms with Gasteiger partial charge in [-0.15, -0.1) is 0 Å². The minimum atomic E-state index is -4.49. The number of phosphoric ester groups is 1. The molecule has 6 atom stereocenters. The Hall–Kier alpha value is -3.89. The molecule has 2 saturated heterocycles. The van der Waals surface area contributed by atoms with Crippen molar-refractivity contribution in [3.05, 3.63) is 107 Å². The van der Waals surface area contributed by atoms with Gasteiger partial charge >= 0.3 is 13.8 Å².